The van der Waals surface area contributed by atoms with E-state index in [4.69, 9.17) is 14.2 Å². The molecule has 0 aliphatic carbocycles. The van der Waals surface area contributed by atoms with E-state index in [1.165, 1.54) is 0 Å². The van der Waals surface area contributed by atoms with E-state index in [0.717, 1.165) is 26.4 Å². The number of hydrogen-bond donors (Lipinski definition) is 0. The molecular weight excluding hydrogens is 144 g/mol. The van der Waals surface area contributed by atoms with Crippen LogP contribution in [0.2, 0.25) is 0 Å². The van der Waals surface area contributed by atoms with E-state index in [9.17, 15) is 0 Å². The van der Waals surface area contributed by atoms with E-state index in [2.05, 4.69) is 0 Å². The summed E-state index contributed by atoms with van der Waals surface area (Å²) in [6.45, 7) is 3.26. The van der Waals surface area contributed by atoms with E-state index in [-0.39, 0.29) is 14.9 Å². The second kappa shape index (κ2) is 4.70. The van der Waals surface area contributed by atoms with Crippen LogP contribution in [0.3, 0.4) is 0 Å². The van der Waals surface area contributed by atoms with Gasteiger partial charge in [0.25, 0.3) is 0 Å². The van der Waals surface area contributed by atoms with Gasteiger partial charge in [-0.25, -0.2) is 0 Å². The second-order valence-electron chi connectivity index (χ2n) is 2.45. The van der Waals surface area contributed by atoms with Crippen molar-refractivity contribution in [3.8, 4) is 0 Å². The van der Waals surface area contributed by atoms with Gasteiger partial charge in [-0.3, -0.25) is 0 Å². The Balaban J connectivity index is 0.000000500. The Morgan fingerprint density at radius 2 is 1.36 bits per heavy atom. The smallest absolute Gasteiger partial charge is 0.104 e. The van der Waals surface area contributed by atoms with Crippen LogP contribution in [0.25, 0.3) is 0 Å². The molecule has 0 N–H and O–H groups in total. The summed E-state index contributed by atoms with van der Waals surface area (Å²) >= 11 is 0. The normalized spacial score (nSPS) is 31.6. The minimum atomic E-state index is 0. The maximum atomic E-state index is 5.23. The van der Waals surface area contributed by atoms with Gasteiger partial charge in [0.2, 0.25) is 0 Å². The van der Waals surface area contributed by atoms with Crippen LogP contribution < -0.4 is 0 Å². The molecule has 68 valence electrons. The van der Waals surface area contributed by atoms with E-state index in [1.54, 1.807) is 0 Å². The molecule has 2 saturated heterocycles. The molecule has 2 atom stereocenters. The van der Waals surface area contributed by atoms with Gasteiger partial charge in [-0.1, -0.05) is 14.9 Å². The number of epoxide rings is 2. The van der Waals surface area contributed by atoms with Crippen LogP contribution in [-0.4, -0.2) is 38.6 Å². The Bertz CT molecular complexity index is 85.5. The molecular formula is C8H18O3. The van der Waals surface area contributed by atoms with Gasteiger partial charge in [0.15, 0.2) is 0 Å². The molecule has 0 aromatic carbocycles. The van der Waals surface area contributed by atoms with Crippen molar-refractivity contribution in [1.29, 1.82) is 0 Å². The standard InChI is InChI=1S/C6H10O3.2CH4/c1(5-3-8-5)7-2-6-4-9-6;;/h5-6H,1-4H2;2*1H4. The summed E-state index contributed by atoms with van der Waals surface area (Å²) in [6, 6.07) is 0. The molecule has 0 aromatic rings. The van der Waals surface area contributed by atoms with Crippen LogP contribution in [-0.2, 0) is 14.2 Å². The van der Waals surface area contributed by atoms with Gasteiger partial charge in [0, 0.05) is 0 Å². The van der Waals surface area contributed by atoms with Crippen molar-refractivity contribution in [1.82, 2.24) is 0 Å². The summed E-state index contributed by atoms with van der Waals surface area (Å²) in [7, 11) is 0. The fraction of sp³-hybridized carbons (Fsp3) is 1.00. The average Bonchev–Trinajstić information content (AvgIpc) is 2.57. The molecule has 0 saturated carbocycles. The number of rotatable bonds is 4. The van der Waals surface area contributed by atoms with E-state index in [1.807, 2.05) is 0 Å². The zero-order chi connectivity index (χ0) is 6.10. The molecule has 2 aliphatic heterocycles. The van der Waals surface area contributed by atoms with Crippen LogP contribution in [0.1, 0.15) is 14.9 Å². The highest BCUT2D eigenvalue weighted by atomic mass is 16.6. The molecule has 0 spiro atoms. The lowest BCUT2D eigenvalue weighted by molar-refractivity contribution is 0.102. The fourth-order valence-electron chi connectivity index (χ4n) is 0.659. The minimum Gasteiger partial charge on any atom is -0.376 e. The Kier molecular flexibility index (Phi) is 4.65. The first-order valence-corrected chi connectivity index (χ1v) is 3.26. The first-order valence-electron chi connectivity index (χ1n) is 3.26. The van der Waals surface area contributed by atoms with Gasteiger partial charge >= 0.3 is 0 Å². The molecule has 0 radical (unpaired) electrons. The van der Waals surface area contributed by atoms with Crippen molar-refractivity contribution in [3.05, 3.63) is 0 Å². The van der Waals surface area contributed by atoms with Crippen LogP contribution in [0.5, 0.6) is 0 Å². The first kappa shape index (κ1) is 10.9. The summed E-state index contributed by atoms with van der Waals surface area (Å²) in [4.78, 5) is 0. The lowest BCUT2D eigenvalue weighted by Gasteiger charge is -1.95. The summed E-state index contributed by atoms with van der Waals surface area (Å²) in [6.07, 6.45) is 0.785. The molecule has 2 heterocycles. The van der Waals surface area contributed by atoms with Crippen molar-refractivity contribution in [2.24, 2.45) is 0 Å². The Morgan fingerprint density at radius 1 is 1.00 bits per heavy atom. The summed E-state index contributed by atoms with van der Waals surface area (Å²) in [5, 5.41) is 0. The highest BCUT2D eigenvalue weighted by Crippen LogP contribution is 2.12. The maximum absolute atomic E-state index is 5.23. The van der Waals surface area contributed by atoms with Crippen molar-refractivity contribution >= 4 is 0 Å². The molecule has 3 nitrogen and oxygen atoms in total. The summed E-state index contributed by atoms with van der Waals surface area (Å²) in [5.74, 6) is 0. The Morgan fingerprint density at radius 3 is 1.64 bits per heavy atom. The third-order valence-electron chi connectivity index (χ3n) is 1.41. The average molecular weight is 162 g/mol. The Hall–Kier alpha value is -0.120. The number of ether oxygens (including phenoxy) is 3. The molecule has 11 heavy (non-hydrogen) atoms. The Labute approximate surface area is 68.6 Å². The van der Waals surface area contributed by atoms with Crippen LogP contribution in [0.4, 0.5) is 0 Å². The minimum absolute atomic E-state index is 0. The van der Waals surface area contributed by atoms with Gasteiger partial charge in [-0.05, 0) is 0 Å². The molecule has 0 amide bonds. The second-order valence-corrected chi connectivity index (χ2v) is 2.45. The highest BCUT2D eigenvalue weighted by molar-refractivity contribution is 4.71. The largest absolute Gasteiger partial charge is 0.376 e. The quantitative estimate of drug-likeness (QED) is 0.580. The van der Waals surface area contributed by atoms with Crippen LogP contribution in [0.15, 0.2) is 0 Å². The van der Waals surface area contributed by atoms with Crippen LogP contribution in [0, 0.1) is 0 Å². The third-order valence-corrected chi connectivity index (χ3v) is 1.41. The molecule has 0 bridgehead atoms. The van der Waals surface area contributed by atoms with E-state index >= 15 is 0 Å². The molecule has 2 fully saturated rings. The third kappa shape index (κ3) is 4.35. The molecule has 2 rings (SSSR count). The van der Waals surface area contributed by atoms with Gasteiger partial charge in [-0.2, -0.15) is 0 Å². The summed E-state index contributed by atoms with van der Waals surface area (Å²) < 4.78 is 15.1. The lowest BCUT2D eigenvalue weighted by Crippen LogP contribution is -2.06. The zero-order valence-electron chi connectivity index (χ0n) is 5.21. The first-order chi connectivity index (χ1) is 4.45. The van der Waals surface area contributed by atoms with E-state index in [0.29, 0.717) is 12.2 Å². The van der Waals surface area contributed by atoms with Gasteiger partial charge in [-0.15, -0.1) is 0 Å². The van der Waals surface area contributed by atoms with Crippen molar-refractivity contribution in [2.75, 3.05) is 26.4 Å². The lowest BCUT2D eigenvalue weighted by atomic mass is 10.5. The topological polar surface area (TPSA) is 34.3 Å². The van der Waals surface area contributed by atoms with Gasteiger partial charge < -0.3 is 14.2 Å². The summed E-state index contributed by atoms with van der Waals surface area (Å²) in [5.41, 5.74) is 0. The fourth-order valence-corrected chi connectivity index (χ4v) is 0.659. The predicted molar refractivity (Wildman–Crippen MR) is 43.8 cm³/mol. The maximum Gasteiger partial charge on any atom is 0.104 e. The van der Waals surface area contributed by atoms with Gasteiger partial charge in [0.05, 0.1) is 26.4 Å². The highest BCUT2D eigenvalue weighted by Gasteiger charge is 2.26. The molecule has 0 aromatic heterocycles. The molecule has 2 aliphatic rings. The monoisotopic (exact) mass is 162 g/mol. The van der Waals surface area contributed by atoms with Crippen LogP contribution >= 0.6 is 0 Å². The SMILES string of the molecule is C.C.C(OCC1CO1)C1CO1. The molecule has 3 heteroatoms. The van der Waals surface area contributed by atoms with Crippen molar-refractivity contribution in [3.63, 3.8) is 0 Å². The predicted octanol–water partition coefficient (Wildman–Crippen LogP) is 1.07. The van der Waals surface area contributed by atoms with Crippen molar-refractivity contribution in [2.45, 2.75) is 27.1 Å². The molecule has 2 unspecified atom stereocenters. The van der Waals surface area contributed by atoms with E-state index < -0.39 is 0 Å². The zero-order valence-corrected chi connectivity index (χ0v) is 5.21. The van der Waals surface area contributed by atoms with Crippen molar-refractivity contribution < 1.29 is 14.2 Å². The van der Waals surface area contributed by atoms with Gasteiger partial charge in [0.1, 0.15) is 12.2 Å². The number of hydrogen-bond acceptors (Lipinski definition) is 3.